The molecule has 2 aliphatic rings. The summed E-state index contributed by atoms with van der Waals surface area (Å²) in [5.41, 5.74) is 0. The molecule has 7 heteroatoms. The number of thioether (sulfide) groups is 2. The Morgan fingerprint density at radius 3 is 1.60 bits per heavy atom. The molecule has 0 bridgehead atoms. The second-order valence-electron chi connectivity index (χ2n) is 5.82. The number of rotatable bonds is 8. The summed E-state index contributed by atoms with van der Waals surface area (Å²) in [4.78, 5) is 5.01. The van der Waals surface area contributed by atoms with E-state index in [1.807, 2.05) is 23.5 Å². The molecule has 0 N–H and O–H groups in total. The molecule has 4 rings (SSSR count). The molecule has 0 aliphatic carbocycles. The quantitative estimate of drug-likeness (QED) is 0.299. The zero-order valence-electron chi connectivity index (χ0n) is 13.2. The molecule has 0 radical (unpaired) electrons. The van der Waals surface area contributed by atoms with Crippen LogP contribution in [0.1, 0.15) is 0 Å². The van der Waals surface area contributed by atoms with Gasteiger partial charge in [0.2, 0.25) is 0 Å². The van der Waals surface area contributed by atoms with Crippen LogP contribution in [0.3, 0.4) is 0 Å². The third-order valence-electron chi connectivity index (χ3n) is 3.70. The highest BCUT2D eigenvalue weighted by molar-refractivity contribution is 9.10. The standard InChI is InChI=1S/C18H16Br2O2S3/c19-15-5-13(1-3-17(15)23-9-11-7-21-11)25-14-2-4-18(16(20)6-14)24-10-12-8-22-12/h1-6,11-12H,7-10H2. The van der Waals surface area contributed by atoms with E-state index < -0.39 is 0 Å². The lowest BCUT2D eigenvalue weighted by Gasteiger charge is -2.09. The van der Waals surface area contributed by atoms with Gasteiger partial charge in [-0.25, -0.2) is 0 Å². The topological polar surface area (TPSA) is 25.1 Å². The summed E-state index contributed by atoms with van der Waals surface area (Å²) < 4.78 is 12.9. The van der Waals surface area contributed by atoms with E-state index in [1.165, 1.54) is 19.6 Å². The predicted octanol–water partition coefficient (Wildman–Crippen LogP) is 6.34. The zero-order chi connectivity index (χ0) is 17.2. The van der Waals surface area contributed by atoms with Crippen molar-refractivity contribution in [2.75, 3.05) is 24.7 Å². The molecular weight excluding hydrogens is 504 g/mol. The molecule has 132 valence electrons. The van der Waals surface area contributed by atoms with Crippen LogP contribution in [0.15, 0.2) is 64.9 Å². The number of benzene rings is 2. The van der Waals surface area contributed by atoms with E-state index in [0.29, 0.717) is 12.2 Å². The van der Waals surface area contributed by atoms with Gasteiger partial charge in [-0.2, -0.15) is 0 Å². The van der Waals surface area contributed by atoms with Gasteiger partial charge in [0.25, 0.3) is 0 Å². The molecule has 0 amide bonds. The first-order chi connectivity index (χ1) is 12.2. The molecule has 2 fully saturated rings. The van der Waals surface area contributed by atoms with Crippen molar-refractivity contribution in [2.45, 2.75) is 31.8 Å². The molecule has 2 aliphatic heterocycles. The molecule has 2 aromatic rings. The van der Waals surface area contributed by atoms with Gasteiger partial charge in [-0.3, -0.25) is 0 Å². The smallest absolute Gasteiger partial charge is 0.0903 e. The SMILES string of the molecule is Brc1cc(Sc2ccc(SCC3CO3)c(Br)c2)ccc1SCC1CO1. The van der Waals surface area contributed by atoms with E-state index in [-0.39, 0.29) is 0 Å². The molecule has 2 unspecified atom stereocenters. The number of epoxide rings is 2. The number of halogens is 2. The van der Waals surface area contributed by atoms with Crippen LogP contribution in [0.2, 0.25) is 0 Å². The van der Waals surface area contributed by atoms with E-state index in [0.717, 1.165) is 33.7 Å². The van der Waals surface area contributed by atoms with Gasteiger partial charge < -0.3 is 9.47 Å². The zero-order valence-corrected chi connectivity index (χ0v) is 18.9. The summed E-state index contributed by atoms with van der Waals surface area (Å²) in [5.74, 6) is 2.06. The van der Waals surface area contributed by atoms with Crippen molar-refractivity contribution in [1.82, 2.24) is 0 Å². The van der Waals surface area contributed by atoms with E-state index in [9.17, 15) is 0 Å². The Labute approximate surface area is 177 Å². The fourth-order valence-electron chi connectivity index (χ4n) is 2.15. The van der Waals surface area contributed by atoms with Gasteiger partial charge in [-0.1, -0.05) is 11.8 Å². The molecule has 2 atom stereocenters. The first kappa shape index (κ1) is 18.7. The molecule has 0 aromatic heterocycles. The Bertz CT molecular complexity index is 700. The van der Waals surface area contributed by atoms with E-state index in [2.05, 4.69) is 68.3 Å². The first-order valence-corrected chi connectivity index (χ1v) is 12.3. The van der Waals surface area contributed by atoms with Crippen LogP contribution in [-0.2, 0) is 9.47 Å². The normalized spacial score (nSPS) is 21.4. The van der Waals surface area contributed by atoms with Crippen LogP contribution in [0, 0.1) is 0 Å². The summed E-state index contributed by atoms with van der Waals surface area (Å²) in [6.07, 6.45) is 0.900. The Kier molecular flexibility index (Phi) is 6.43. The monoisotopic (exact) mass is 518 g/mol. The first-order valence-electron chi connectivity index (χ1n) is 7.93. The lowest BCUT2D eigenvalue weighted by atomic mass is 10.4. The van der Waals surface area contributed by atoms with Crippen LogP contribution in [-0.4, -0.2) is 36.9 Å². The molecule has 25 heavy (non-hydrogen) atoms. The lowest BCUT2D eigenvalue weighted by Crippen LogP contribution is -1.89. The largest absolute Gasteiger partial charge is 0.372 e. The minimum atomic E-state index is 0.450. The van der Waals surface area contributed by atoms with Crippen molar-refractivity contribution in [2.24, 2.45) is 0 Å². The molecule has 0 spiro atoms. The summed E-state index contributed by atoms with van der Waals surface area (Å²) in [6, 6.07) is 13.1. The molecule has 0 saturated carbocycles. The van der Waals surface area contributed by atoms with Gasteiger partial charge in [0.05, 0.1) is 25.4 Å². The van der Waals surface area contributed by atoms with Gasteiger partial charge in [0.1, 0.15) is 0 Å². The van der Waals surface area contributed by atoms with Crippen molar-refractivity contribution >= 4 is 67.1 Å². The molecule has 2 saturated heterocycles. The van der Waals surface area contributed by atoms with Gasteiger partial charge in [0, 0.05) is 40.0 Å². The maximum atomic E-state index is 5.27. The van der Waals surface area contributed by atoms with Crippen LogP contribution in [0.25, 0.3) is 0 Å². The second-order valence-corrected chi connectivity index (χ2v) is 10.8. The maximum Gasteiger partial charge on any atom is 0.0903 e. The Morgan fingerprint density at radius 2 is 1.24 bits per heavy atom. The van der Waals surface area contributed by atoms with Crippen LogP contribution in [0.5, 0.6) is 0 Å². The van der Waals surface area contributed by atoms with Gasteiger partial charge >= 0.3 is 0 Å². The fraction of sp³-hybridized carbons (Fsp3) is 0.333. The average molecular weight is 520 g/mol. The van der Waals surface area contributed by atoms with Gasteiger partial charge in [0.15, 0.2) is 0 Å². The highest BCUT2D eigenvalue weighted by atomic mass is 79.9. The van der Waals surface area contributed by atoms with E-state index >= 15 is 0 Å². The maximum absolute atomic E-state index is 5.27. The van der Waals surface area contributed by atoms with Crippen molar-refractivity contribution in [3.05, 3.63) is 45.3 Å². The van der Waals surface area contributed by atoms with E-state index in [4.69, 9.17) is 9.47 Å². The van der Waals surface area contributed by atoms with Gasteiger partial charge in [-0.05, 0) is 68.3 Å². The Morgan fingerprint density at radius 1 is 0.800 bits per heavy atom. The third-order valence-corrected chi connectivity index (χ3v) is 8.92. The summed E-state index contributed by atoms with van der Waals surface area (Å²) in [7, 11) is 0. The number of hydrogen-bond donors (Lipinski definition) is 0. The van der Waals surface area contributed by atoms with Gasteiger partial charge in [-0.15, -0.1) is 23.5 Å². The third kappa shape index (κ3) is 5.67. The second kappa shape index (κ2) is 8.59. The number of ether oxygens (including phenoxy) is 2. The fourth-order valence-corrected chi connectivity index (χ4v) is 6.64. The summed E-state index contributed by atoms with van der Waals surface area (Å²) in [6.45, 7) is 1.82. The minimum absolute atomic E-state index is 0.450. The van der Waals surface area contributed by atoms with Crippen LogP contribution < -0.4 is 0 Å². The lowest BCUT2D eigenvalue weighted by molar-refractivity contribution is 0.426. The highest BCUT2D eigenvalue weighted by Crippen LogP contribution is 2.38. The molecule has 2 aromatic carbocycles. The molecule has 2 nitrogen and oxygen atoms in total. The minimum Gasteiger partial charge on any atom is -0.372 e. The van der Waals surface area contributed by atoms with Crippen LogP contribution in [0.4, 0.5) is 0 Å². The number of hydrogen-bond acceptors (Lipinski definition) is 5. The predicted molar refractivity (Wildman–Crippen MR) is 113 cm³/mol. The van der Waals surface area contributed by atoms with Crippen molar-refractivity contribution in [1.29, 1.82) is 0 Å². The van der Waals surface area contributed by atoms with Crippen molar-refractivity contribution in [3.8, 4) is 0 Å². The summed E-state index contributed by atoms with van der Waals surface area (Å²) >= 11 is 12.9. The Hall–Kier alpha value is 0.370. The molecule has 2 heterocycles. The van der Waals surface area contributed by atoms with E-state index in [1.54, 1.807) is 11.8 Å². The molecular formula is C18H16Br2O2S3. The van der Waals surface area contributed by atoms with Crippen LogP contribution >= 0.6 is 67.1 Å². The van der Waals surface area contributed by atoms with Crippen molar-refractivity contribution < 1.29 is 9.47 Å². The Balaban J connectivity index is 1.38. The van der Waals surface area contributed by atoms with Crippen molar-refractivity contribution in [3.63, 3.8) is 0 Å². The summed E-state index contributed by atoms with van der Waals surface area (Å²) in [5, 5.41) is 0. The average Bonchev–Trinajstić information content (AvgIpc) is 3.48. The highest BCUT2D eigenvalue weighted by Gasteiger charge is 2.23.